The third-order valence-electron chi connectivity index (χ3n) is 2.69. The lowest BCUT2D eigenvalue weighted by molar-refractivity contribution is -0.137. The maximum absolute atomic E-state index is 13.2. The summed E-state index contributed by atoms with van der Waals surface area (Å²) in [5, 5.41) is 8.76. The Morgan fingerprint density at radius 2 is 2.06 bits per heavy atom. The van der Waals surface area contributed by atoms with Gasteiger partial charge in [-0.2, -0.15) is 0 Å². The van der Waals surface area contributed by atoms with Gasteiger partial charge >= 0.3 is 5.97 Å². The number of carboxylic acid groups (broad SMARTS) is 1. The summed E-state index contributed by atoms with van der Waals surface area (Å²) < 4.78 is 13.2. The zero-order valence-electron chi connectivity index (χ0n) is 9.46. The molecule has 0 heterocycles. The van der Waals surface area contributed by atoms with Crippen molar-refractivity contribution in [3.63, 3.8) is 0 Å². The van der Waals surface area contributed by atoms with Crippen LogP contribution in [0.25, 0.3) is 0 Å². The number of benzene rings is 1. The first kappa shape index (κ1) is 12.6. The molecule has 0 saturated carbocycles. The van der Waals surface area contributed by atoms with Gasteiger partial charge in [0, 0.05) is 5.92 Å². The normalized spacial score (nSPS) is 12.5. The molecule has 0 aliphatic rings. The van der Waals surface area contributed by atoms with Crippen LogP contribution in [0, 0.1) is 19.7 Å². The van der Waals surface area contributed by atoms with Crippen LogP contribution in [0.4, 0.5) is 4.39 Å². The van der Waals surface area contributed by atoms with E-state index in [0.717, 1.165) is 11.1 Å². The van der Waals surface area contributed by atoms with E-state index >= 15 is 0 Å². The monoisotopic (exact) mass is 225 g/mol. The topological polar surface area (TPSA) is 63.3 Å². The number of aryl methyl sites for hydroxylation is 2. The van der Waals surface area contributed by atoms with Gasteiger partial charge in [-0.15, -0.1) is 0 Å². The van der Waals surface area contributed by atoms with Gasteiger partial charge in [0.05, 0.1) is 6.42 Å². The van der Waals surface area contributed by atoms with E-state index in [1.807, 2.05) is 0 Å². The lowest BCUT2D eigenvalue weighted by Crippen LogP contribution is -2.17. The molecule has 1 rings (SSSR count). The smallest absolute Gasteiger partial charge is 0.304 e. The van der Waals surface area contributed by atoms with Crippen molar-refractivity contribution < 1.29 is 14.3 Å². The molecule has 16 heavy (non-hydrogen) atoms. The summed E-state index contributed by atoms with van der Waals surface area (Å²) in [6, 6.07) is 3.11. The Hall–Kier alpha value is -1.42. The van der Waals surface area contributed by atoms with E-state index < -0.39 is 5.97 Å². The summed E-state index contributed by atoms with van der Waals surface area (Å²) in [6.07, 6.45) is -0.0254. The highest BCUT2D eigenvalue weighted by atomic mass is 19.1. The van der Waals surface area contributed by atoms with Crippen LogP contribution in [0.5, 0.6) is 0 Å². The molecular formula is C12H16FNO2. The molecule has 0 saturated heterocycles. The second-order valence-corrected chi connectivity index (χ2v) is 3.99. The minimum atomic E-state index is -0.892. The highest BCUT2D eigenvalue weighted by Gasteiger charge is 2.17. The molecule has 0 radical (unpaired) electrons. The third kappa shape index (κ3) is 2.79. The van der Waals surface area contributed by atoms with Crippen molar-refractivity contribution in [2.45, 2.75) is 26.2 Å². The first-order valence-corrected chi connectivity index (χ1v) is 5.14. The van der Waals surface area contributed by atoms with Gasteiger partial charge in [0.1, 0.15) is 5.82 Å². The quantitative estimate of drug-likeness (QED) is 0.823. The molecule has 0 spiro atoms. The van der Waals surface area contributed by atoms with Crippen LogP contribution < -0.4 is 5.73 Å². The van der Waals surface area contributed by atoms with E-state index in [0.29, 0.717) is 5.56 Å². The molecule has 1 aromatic rings. The average molecular weight is 225 g/mol. The predicted molar refractivity (Wildman–Crippen MR) is 59.9 cm³/mol. The van der Waals surface area contributed by atoms with Crippen LogP contribution in [0.2, 0.25) is 0 Å². The zero-order valence-corrected chi connectivity index (χ0v) is 9.46. The van der Waals surface area contributed by atoms with Crippen molar-refractivity contribution in [1.82, 2.24) is 0 Å². The molecule has 0 amide bonds. The average Bonchev–Trinajstić information content (AvgIpc) is 2.20. The van der Waals surface area contributed by atoms with Crippen molar-refractivity contribution in [2.75, 3.05) is 6.54 Å². The highest BCUT2D eigenvalue weighted by molar-refractivity contribution is 5.68. The molecule has 1 atom stereocenters. The minimum absolute atomic E-state index is 0.0254. The minimum Gasteiger partial charge on any atom is -0.481 e. The number of nitrogens with two attached hydrogens (primary N) is 1. The fraction of sp³-hybridized carbons (Fsp3) is 0.417. The Labute approximate surface area is 94.1 Å². The van der Waals surface area contributed by atoms with Crippen LogP contribution in [0.1, 0.15) is 29.0 Å². The van der Waals surface area contributed by atoms with Crippen molar-refractivity contribution in [1.29, 1.82) is 0 Å². The Bertz CT molecular complexity index is 404. The van der Waals surface area contributed by atoms with Gasteiger partial charge in [-0.3, -0.25) is 4.79 Å². The van der Waals surface area contributed by atoms with Gasteiger partial charge in [0.15, 0.2) is 0 Å². The summed E-state index contributed by atoms with van der Waals surface area (Å²) >= 11 is 0. The summed E-state index contributed by atoms with van der Waals surface area (Å²) in [5.74, 6) is -1.42. The summed E-state index contributed by atoms with van der Waals surface area (Å²) in [5.41, 5.74) is 7.64. The number of carbonyl (C=O) groups is 1. The lowest BCUT2D eigenvalue weighted by Gasteiger charge is -2.16. The van der Waals surface area contributed by atoms with Crippen LogP contribution in [0.15, 0.2) is 12.1 Å². The first-order chi connectivity index (χ1) is 7.45. The largest absolute Gasteiger partial charge is 0.481 e. The van der Waals surface area contributed by atoms with Crippen molar-refractivity contribution >= 4 is 5.97 Å². The Balaban J connectivity index is 3.09. The van der Waals surface area contributed by atoms with E-state index in [-0.39, 0.29) is 24.7 Å². The molecule has 0 aliphatic carbocycles. The summed E-state index contributed by atoms with van der Waals surface area (Å²) in [4.78, 5) is 10.7. The molecule has 3 N–H and O–H groups in total. The van der Waals surface area contributed by atoms with Gasteiger partial charge in [0.2, 0.25) is 0 Å². The standard InChI is InChI=1S/C12H16FNO2/c1-7-4-11(13)8(2)3-10(7)9(6-14)5-12(15)16/h3-4,9H,5-6,14H2,1-2H3,(H,15,16). The molecule has 0 aliphatic heterocycles. The molecule has 3 nitrogen and oxygen atoms in total. The van der Waals surface area contributed by atoms with E-state index in [1.54, 1.807) is 19.9 Å². The molecule has 4 heteroatoms. The number of rotatable bonds is 4. The van der Waals surface area contributed by atoms with Crippen molar-refractivity contribution in [3.8, 4) is 0 Å². The molecular weight excluding hydrogens is 209 g/mol. The van der Waals surface area contributed by atoms with E-state index in [4.69, 9.17) is 10.8 Å². The number of aliphatic carboxylic acids is 1. The number of hydrogen-bond acceptors (Lipinski definition) is 2. The molecule has 88 valence electrons. The Kier molecular flexibility index (Phi) is 4.01. The van der Waals surface area contributed by atoms with Gasteiger partial charge in [-0.05, 0) is 43.1 Å². The maximum Gasteiger partial charge on any atom is 0.304 e. The second-order valence-electron chi connectivity index (χ2n) is 3.99. The summed E-state index contributed by atoms with van der Waals surface area (Å²) in [7, 11) is 0. The first-order valence-electron chi connectivity index (χ1n) is 5.14. The fourth-order valence-corrected chi connectivity index (χ4v) is 1.77. The van der Waals surface area contributed by atoms with Crippen molar-refractivity contribution in [2.24, 2.45) is 5.73 Å². The van der Waals surface area contributed by atoms with E-state index in [2.05, 4.69) is 0 Å². The highest BCUT2D eigenvalue weighted by Crippen LogP contribution is 2.24. The molecule has 1 aromatic carbocycles. The van der Waals surface area contributed by atoms with Crippen LogP contribution >= 0.6 is 0 Å². The van der Waals surface area contributed by atoms with E-state index in [1.165, 1.54) is 6.07 Å². The van der Waals surface area contributed by atoms with Gasteiger partial charge < -0.3 is 10.8 Å². The van der Waals surface area contributed by atoms with Crippen LogP contribution in [-0.4, -0.2) is 17.6 Å². The van der Waals surface area contributed by atoms with Crippen LogP contribution in [-0.2, 0) is 4.79 Å². The zero-order chi connectivity index (χ0) is 12.3. The van der Waals surface area contributed by atoms with Crippen LogP contribution in [0.3, 0.4) is 0 Å². The predicted octanol–water partition coefficient (Wildman–Crippen LogP) is 1.96. The van der Waals surface area contributed by atoms with Crippen molar-refractivity contribution in [3.05, 3.63) is 34.6 Å². The molecule has 1 unspecified atom stereocenters. The summed E-state index contributed by atoms with van der Waals surface area (Å²) in [6.45, 7) is 3.67. The SMILES string of the molecule is Cc1cc(C(CN)CC(=O)O)c(C)cc1F. The lowest BCUT2D eigenvalue weighted by atomic mass is 9.90. The third-order valence-corrected chi connectivity index (χ3v) is 2.69. The fourth-order valence-electron chi connectivity index (χ4n) is 1.77. The van der Waals surface area contributed by atoms with E-state index in [9.17, 15) is 9.18 Å². The maximum atomic E-state index is 13.2. The van der Waals surface area contributed by atoms with Gasteiger partial charge in [0.25, 0.3) is 0 Å². The number of halogens is 1. The Morgan fingerprint density at radius 1 is 1.44 bits per heavy atom. The molecule has 0 bridgehead atoms. The Morgan fingerprint density at radius 3 is 2.56 bits per heavy atom. The second kappa shape index (κ2) is 5.07. The number of carboxylic acids is 1. The molecule has 0 fully saturated rings. The molecule has 0 aromatic heterocycles. The number of hydrogen-bond donors (Lipinski definition) is 2. The van der Waals surface area contributed by atoms with Gasteiger partial charge in [-0.25, -0.2) is 4.39 Å². The van der Waals surface area contributed by atoms with Gasteiger partial charge in [-0.1, -0.05) is 6.07 Å².